The summed E-state index contributed by atoms with van der Waals surface area (Å²) in [7, 11) is 0. The Morgan fingerprint density at radius 1 is 0.281 bits per heavy atom. The predicted octanol–water partition coefficient (Wildman–Crippen LogP) is 14.3. The lowest BCUT2D eigenvalue weighted by Gasteiger charge is -2.38. The molecule has 0 heterocycles. The molecule has 57 heavy (non-hydrogen) atoms. The van der Waals surface area contributed by atoms with Gasteiger partial charge in [-0.15, -0.1) is 0 Å². The number of rotatable bonds is 11. The van der Waals surface area contributed by atoms with Crippen LogP contribution in [0.3, 0.4) is 0 Å². The molecule has 288 valence electrons. The minimum atomic E-state index is -5.64. The first-order chi connectivity index (χ1) is 27.3. The second-order valence-electron chi connectivity index (χ2n) is 14.8. The van der Waals surface area contributed by atoms with Crippen LogP contribution in [0.25, 0.3) is 33.4 Å². The number of benzene rings is 7. The van der Waals surface area contributed by atoms with E-state index in [0.717, 1.165) is 68.8 Å². The number of hydrogen-bond acceptors (Lipinski definition) is 0. The van der Waals surface area contributed by atoms with Crippen molar-refractivity contribution < 1.29 is 26.3 Å². The third-order valence-electron chi connectivity index (χ3n) is 10.9. The fourth-order valence-corrected chi connectivity index (χ4v) is 7.48. The number of aryl methyl sites for hydroxylation is 6. The highest BCUT2D eigenvalue weighted by molar-refractivity contribution is 5.70. The molecule has 0 aromatic heterocycles. The van der Waals surface area contributed by atoms with Crippen LogP contribution in [0.1, 0.15) is 44.5 Å². The fraction of sp³-hybridized carbons (Fsp3) is 0.176. The Balaban J connectivity index is 1.02. The molecule has 0 radical (unpaired) electrons. The summed E-state index contributed by atoms with van der Waals surface area (Å²) >= 11 is 0. The third kappa shape index (κ3) is 8.61. The zero-order chi connectivity index (χ0) is 40.2. The molecule has 7 rings (SSSR count). The average molecular weight is 769 g/mol. The molecule has 0 spiro atoms. The molecule has 0 nitrogen and oxygen atoms in total. The van der Waals surface area contributed by atoms with Gasteiger partial charge in [-0.1, -0.05) is 181 Å². The predicted molar refractivity (Wildman–Crippen MR) is 219 cm³/mol. The summed E-state index contributed by atoms with van der Waals surface area (Å²) in [5.41, 5.74) is 6.36. The van der Waals surface area contributed by atoms with Gasteiger partial charge >= 0.3 is 12.4 Å². The molecule has 0 fully saturated rings. The molecule has 6 heteroatoms. The van der Waals surface area contributed by atoms with E-state index in [-0.39, 0.29) is 0 Å². The highest BCUT2D eigenvalue weighted by atomic mass is 19.4. The summed E-state index contributed by atoms with van der Waals surface area (Å²) in [5, 5.41) is 0. The summed E-state index contributed by atoms with van der Waals surface area (Å²) in [6, 6.07) is 50.4. The van der Waals surface area contributed by atoms with E-state index in [4.69, 9.17) is 0 Å². The highest BCUT2D eigenvalue weighted by Gasteiger charge is 2.72. The molecule has 0 bridgehead atoms. The van der Waals surface area contributed by atoms with Crippen molar-refractivity contribution in [2.75, 3.05) is 0 Å². The Labute approximate surface area is 330 Å². The first-order valence-electron chi connectivity index (χ1n) is 19.0. The van der Waals surface area contributed by atoms with Gasteiger partial charge in [-0.05, 0) is 106 Å². The number of alkyl halides is 6. The Morgan fingerprint density at radius 3 is 0.702 bits per heavy atom. The molecule has 0 aliphatic carbocycles. The standard InChI is InChI=1S/C51H42F6/c1-35-3-19-41(20-4-35)43-23-11-37(12-24-43)7-9-39-15-31-47(32-16-39)49(50(52,53)54,51(55,56)57)48-33-17-40(18-34-48)10-8-38-13-25-44(26-14-38)46-29-27-45(28-30-46)42-21-5-36(2)6-22-42/h3-6,11-34H,7-10H2,1-2H3. The van der Waals surface area contributed by atoms with Crippen molar-refractivity contribution in [3.05, 3.63) is 214 Å². The lowest BCUT2D eigenvalue weighted by molar-refractivity contribution is -0.288. The molecule has 0 atom stereocenters. The number of halogens is 6. The lowest BCUT2D eigenvalue weighted by Crippen LogP contribution is -2.54. The minimum Gasteiger partial charge on any atom is -0.169 e. The first kappa shape index (κ1) is 39.4. The van der Waals surface area contributed by atoms with Gasteiger partial charge in [0, 0.05) is 0 Å². The molecule has 0 aliphatic heterocycles. The smallest absolute Gasteiger partial charge is 0.169 e. The van der Waals surface area contributed by atoms with Crippen molar-refractivity contribution >= 4 is 0 Å². The van der Waals surface area contributed by atoms with E-state index in [2.05, 4.69) is 67.6 Å². The van der Waals surface area contributed by atoms with Crippen LogP contribution in [-0.2, 0) is 31.1 Å². The molecule has 7 aromatic rings. The van der Waals surface area contributed by atoms with Gasteiger partial charge in [-0.3, -0.25) is 0 Å². The molecular formula is C51H42F6. The van der Waals surface area contributed by atoms with Crippen molar-refractivity contribution in [1.82, 2.24) is 0 Å². The maximum atomic E-state index is 14.9. The van der Waals surface area contributed by atoms with Crippen LogP contribution < -0.4 is 0 Å². The monoisotopic (exact) mass is 768 g/mol. The first-order valence-corrected chi connectivity index (χ1v) is 19.0. The normalized spacial score (nSPS) is 12.1. The fourth-order valence-electron chi connectivity index (χ4n) is 7.48. The van der Waals surface area contributed by atoms with Crippen LogP contribution in [-0.4, -0.2) is 12.4 Å². The molecule has 0 amide bonds. The van der Waals surface area contributed by atoms with Gasteiger partial charge < -0.3 is 0 Å². The second kappa shape index (κ2) is 16.3. The van der Waals surface area contributed by atoms with E-state index in [1.54, 1.807) is 0 Å². The topological polar surface area (TPSA) is 0 Å². The number of hydrogen-bond donors (Lipinski definition) is 0. The lowest BCUT2D eigenvalue weighted by atomic mass is 9.72. The summed E-state index contributed by atoms with van der Waals surface area (Å²) in [4.78, 5) is 0. The Hall–Kier alpha value is -5.88. The van der Waals surface area contributed by atoms with Crippen LogP contribution in [0.15, 0.2) is 170 Å². The summed E-state index contributed by atoms with van der Waals surface area (Å²) in [6.07, 6.45) is -9.19. The van der Waals surface area contributed by atoms with Gasteiger partial charge in [-0.25, -0.2) is 0 Å². The molecule has 0 saturated heterocycles. The third-order valence-corrected chi connectivity index (χ3v) is 10.9. The van der Waals surface area contributed by atoms with Crippen molar-refractivity contribution in [1.29, 1.82) is 0 Å². The zero-order valence-electron chi connectivity index (χ0n) is 31.8. The van der Waals surface area contributed by atoms with Gasteiger partial charge in [0.1, 0.15) is 0 Å². The van der Waals surface area contributed by atoms with Crippen molar-refractivity contribution in [2.45, 2.75) is 57.3 Å². The van der Waals surface area contributed by atoms with Crippen molar-refractivity contribution in [3.63, 3.8) is 0 Å². The van der Waals surface area contributed by atoms with Crippen LogP contribution in [0.4, 0.5) is 26.3 Å². The summed E-state index contributed by atoms with van der Waals surface area (Å²) in [5.74, 6) is 0. The second-order valence-corrected chi connectivity index (χ2v) is 14.8. The maximum absolute atomic E-state index is 14.9. The minimum absolute atomic E-state index is 0.458. The van der Waals surface area contributed by atoms with E-state index in [1.807, 2.05) is 67.6 Å². The van der Waals surface area contributed by atoms with Crippen LogP contribution in [0.5, 0.6) is 0 Å². The van der Waals surface area contributed by atoms with Gasteiger partial charge in [0.15, 0.2) is 0 Å². The van der Waals surface area contributed by atoms with E-state index in [0.29, 0.717) is 36.8 Å². The SMILES string of the molecule is Cc1ccc(-c2ccc(CCc3ccc(C(c4ccc(CCc5ccc(-c6ccc(-c7ccc(C)cc7)cc6)cc5)cc4)(C(F)(F)F)C(F)(F)F)cc3)cc2)cc1. The zero-order valence-corrected chi connectivity index (χ0v) is 31.8. The largest absolute Gasteiger partial charge is 0.411 e. The Kier molecular flexibility index (Phi) is 11.3. The van der Waals surface area contributed by atoms with Crippen molar-refractivity contribution in [3.8, 4) is 33.4 Å². The van der Waals surface area contributed by atoms with Crippen molar-refractivity contribution in [2.24, 2.45) is 0 Å². The van der Waals surface area contributed by atoms with E-state index in [9.17, 15) is 26.3 Å². The van der Waals surface area contributed by atoms with Gasteiger partial charge in [-0.2, -0.15) is 26.3 Å². The molecular weight excluding hydrogens is 727 g/mol. The molecule has 0 aliphatic rings. The molecule has 0 N–H and O–H groups in total. The Morgan fingerprint density at radius 2 is 0.474 bits per heavy atom. The van der Waals surface area contributed by atoms with Gasteiger partial charge in [0.05, 0.1) is 0 Å². The van der Waals surface area contributed by atoms with E-state index >= 15 is 0 Å². The maximum Gasteiger partial charge on any atom is 0.411 e. The quantitative estimate of drug-likeness (QED) is 0.115. The Bertz CT molecular complexity index is 2350. The molecule has 0 saturated carbocycles. The van der Waals surface area contributed by atoms with E-state index in [1.165, 1.54) is 35.4 Å². The summed E-state index contributed by atoms with van der Waals surface area (Å²) < 4.78 is 89.4. The van der Waals surface area contributed by atoms with Gasteiger partial charge in [0.25, 0.3) is 0 Å². The van der Waals surface area contributed by atoms with Crippen LogP contribution in [0.2, 0.25) is 0 Å². The molecule has 0 unspecified atom stereocenters. The average Bonchev–Trinajstić information content (AvgIpc) is 3.20. The van der Waals surface area contributed by atoms with Crippen LogP contribution in [0, 0.1) is 13.8 Å². The van der Waals surface area contributed by atoms with E-state index < -0.39 is 28.9 Å². The van der Waals surface area contributed by atoms with Crippen LogP contribution >= 0.6 is 0 Å². The molecule has 7 aromatic carbocycles. The highest BCUT2D eigenvalue weighted by Crippen LogP contribution is 2.56. The van der Waals surface area contributed by atoms with Gasteiger partial charge in [0.2, 0.25) is 5.41 Å². The summed E-state index contributed by atoms with van der Waals surface area (Å²) in [6.45, 7) is 4.08.